The molecule has 1 unspecified atom stereocenters. The molecule has 1 aromatic heterocycles. The summed E-state index contributed by atoms with van der Waals surface area (Å²) in [6, 6.07) is 9.92. The topological polar surface area (TPSA) is 77.2 Å². The molecule has 0 aliphatic rings. The Morgan fingerprint density at radius 3 is 2.85 bits per heavy atom. The third-order valence-electron chi connectivity index (χ3n) is 2.82. The lowest BCUT2D eigenvalue weighted by molar-refractivity contribution is -0.118. The maximum Gasteiger partial charge on any atom is 0.228 e. The number of carbonyl (C=O) groups is 1. The number of carbonyl (C=O) groups excluding carboxylic acids is 1. The Labute approximate surface area is 121 Å². The van der Waals surface area contributed by atoms with Crippen molar-refractivity contribution in [2.45, 2.75) is 12.5 Å². The summed E-state index contributed by atoms with van der Waals surface area (Å²) in [5, 5.41) is 3.35. The van der Waals surface area contributed by atoms with E-state index in [9.17, 15) is 4.79 Å². The third-order valence-corrected chi connectivity index (χ3v) is 3.78. The molecule has 106 valence electrons. The quantitative estimate of drug-likeness (QED) is 0.854. The molecule has 20 heavy (non-hydrogen) atoms. The molecule has 0 radical (unpaired) electrons. The number of benzene rings is 1. The molecule has 1 heterocycles. The van der Waals surface area contributed by atoms with Crippen LogP contribution in [0.15, 0.2) is 36.5 Å². The number of amides is 1. The van der Waals surface area contributed by atoms with Crippen LogP contribution in [0.25, 0.3) is 10.4 Å². The first-order valence-corrected chi connectivity index (χ1v) is 7.08. The fraction of sp³-hybridized carbons (Fsp3) is 0.286. The highest BCUT2D eigenvalue weighted by atomic mass is 32.1. The predicted octanol–water partition coefficient (Wildman–Crippen LogP) is 2.11. The smallest absolute Gasteiger partial charge is 0.228 e. The van der Waals surface area contributed by atoms with E-state index in [4.69, 9.17) is 10.5 Å². The van der Waals surface area contributed by atoms with Gasteiger partial charge in [-0.3, -0.25) is 4.79 Å². The molecule has 2 rings (SSSR count). The molecule has 1 atom stereocenters. The number of hydrogen-bond acceptors (Lipinski definition) is 5. The minimum absolute atomic E-state index is 0.142. The highest BCUT2D eigenvalue weighted by Crippen LogP contribution is 2.28. The molecule has 0 saturated heterocycles. The van der Waals surface area contributed by atoms with E-state index in [2.05, 4.69) is 10.3 Å². The van der Waals surface area contributed by atoms with Gasteiger partial charge in [0.05, 0.1) is 17.4 Å². The van der Waals surface area contributed by atoms with Gasteiger partial charge in [0.25, 0.3) is 0 Å². The normalized spacial score (nSPS) is 12.1. The van der Waals surface area contributed by atoms with Gasteiger partial charge < -0.3 is 15.8 Å². The maximum absolute atomic E-state index is 11.8. The third kappa shape index (κ3) is 3.86. The second-order valence-corrected chi connectivity index (χ2v) is 5.27. The predicted molar refractivity (Wildman–Crippen MR) is 80.6 cm³/mol. The summed E-state index contributed by atoms with van der Waals surface area (Å²) in [7, 11) is 1.54. The number of nitrogens with zero attached hydrogens (tertiary/aromatic N) is 1. The molecule has 0 aliphatic carbocycles. The number of anilines is 1. The lowest BCUT2D eigenvalue weighted by Gasteiger charge is -2.11. The van der Waals surface area contributed by atoms with Gasteiger partial charge in [-0.25, -0.2) is 4.98 Å². The molecule has 1 aromatic carbocycles. The molecule has 0 saturated carbocycles. The number of hydrogen-bond donors (Lipinski definition) is 2. The summed E-state index contributed by atoms with van der Waals surface area (Å²) >= 11 is 1.44. The van der Waals surface area contributed by atoms with E-state index in [1.807, 2.05) is 30.3 Å². The van der Waals surface area contributed by atoms with Crippen LogP contribution in [0.5, 0.6) is 0 Å². The number of nitrogens with one attached hydrogen (secondary N) is 1. The fourth-order valence-electron chi connectivity index (χ4n) is 1.71. The van der Waals surface area contributed by atoms with E-state index in [-0.39, 0.29) is 18.4 Å². The van der Waals surface area contributed by atoms with Crippen molar-refractivity contribution in [3.8, 4) is 10.4 Å². The Bertz CT molecular complexity index is 553. The van der Waals surface area contributed by atoms with Crippen LogP contribution in [0.2, 0.25) is 0 Å². The maximum atomic E-state index is 11.8. The number of nitrogens with two attached hydrogens (primary N) is 1. The summed E-state index contributed by atoms with van der Waals surface area (Å²) in [6.07, 6.45) is 1.73. The van der Waals surface area contributed by atoms with E-state index in [1.165, 1.54) is 11.3 Å². The number of rotatable bonds is 6. The molecule has 2 aromatic rings. The van der Waals surface area contributed by atoms with E-state index in [0.717, 1.165) is 10.4 Å². The minimum Gasteiger partial charge on any atom is -0.380 e. The summed E-state index contributed by atoms with van der Waals surface area (Å²) in [5.74, 6) is -0.142. The first-order valence-electron chi connectivity index (χ1n) is 6.27. The summed E-state index contributed by atoms with van der Waals surface area (Å²) in [5.41, 5.74) is 6.57. The zero-order valence-electron chi connectivity index (χ0n) is 11.2. The van der Waals surface area contributed by atoms with Gasteiger partial charge in [-0.15, -0.1) is 0 Å². The van der Waals surface area contributed by atoms with Gasteiger partial charge in [0, 0.05) is 19.9 Å². The van der Waals surface area contributed by atoms with Gasteiger partial charge >= 0.3 is 0 Å². The van der Waals surface area contributed by atoms with Gasteiger partial charge in [0.1, 0.15) is 0 Å². The van der Waals surface area contributed by atoms with E-state index < -0.39 is 0 Å². The lowest BCUT2D eigenvalue weighted by atomic mass is 10.2. The molecule has 1 amide bonds. The largest absolute Gasteiger partial charge is 0.380 e. The van der Waals surface area contributed by atoms with Gasteiger partial charge in [-0.1, -0.05) is 41.7 Å². The molecule has 3 N–H and O–H groups in total. The van der Waals surface area contributed by atoms with Crippen LogP contribution in [0, 0.1) is 0 Å². The van der Waals surface area contributed by atoms with Crippen LogP contribution >= 0.6 is 11.3 Å². The Hall–Kier alpha value is -1.76. The molecule has 0 fully saturated rings. The number of methoxy groups -OCH3 is 1. The number of aromatic nitrogens is 1. The Morgan fingerprint density at radius 2 is 2.20 bits per heavy atom. The van der Waals surface area contributed by atoms with Crippen molar-refractivity contribution in [3.05, 3.63) is 36.5 Å². The first-order chi connectivity index (χ1) is 9.72. The van der Waals surface area contributed by atoms with Gasteiger partial charge in [0.15, 0.2) is 5.13 Å². The fourth-order valence-corrected chi connectivity index (χ4v) is 2.55. The first kappa shape index (κ1) is 14.6. The Morgan fingerprint density at radius 1 is 1.45 bits per heavy atom. The van der Waals surface area contributed by atoms with Crippen molar-refractivity contribution < 1.29 is 9.53 Å². The van der Waals surface area contributed by atoms with Crippen LogP contribution in [-0.2, 0) is 9.53 Å². The molecule has 5 nitrogen and oxygen atoms in total. The van der Waals surface area contributed by atoms with Gasteiger partial charge in [0.2, 0.25) is 5.91 Å². The van der Waals surface area contributed by atoms with Crippen molar-refractivity contribution in [2.75, 3.05) is 19.0 Å². The number of ether oxygens (including phenoxy) is 1. The SMILES string of the molecule is COC(CN)CC(=O)Nc1ncc(-c2ccccc2)s1. The molecule has 0 aliphatic heterocycles. The summed E-state index contributed by atoms with van der Waals surface area (Å²) in [6.45, 7) is 0.317. The molecular weight excluding hydrogens is 274 g/mol. The second kappa shape index (κ2) is 7.14. The zero-order chi connectivity index (χ0) is 14.4. The van der Waals surface area contributed by atoms with Crippen LogP contribution in [0.1, 0.15) is 6.42 Å². The lowest BCUT2D eigenvalue weighted by Crippen LogP contribution is -2.28. The standard InChI is InChI=1S/C14H17N3O2S/c1-19-11(8-15)7-13(18)17-14-16-9-12(20-14)10-5-3-2-4-6-10/h2-6,9,11H,7-8,15H2,1H3,(H,16,17,18). The van der Waals surface area contributed by atoms with E-state index >= 15 is 0 Å². The molecule has 6 heteroatoms. The molecular formula is C14H17N3O2S. The highest BCUT2D eigenvalue weighted by Gasteiger charge is 2.13. The van der Waals surface area contributed by atoms with Gasteiger partial charge in [-0.2, -0.15) is 0 Å². The van der Waals surface area contributed by atoms with Crippen molar-refractivity contribution in [3.63, 3.8) is 0 Å². The Kier molecular flexibility index (Phi) is 5.23. The minimum atomic E-state index is -0.261. The molecule has 0 spiro atoms. The summed E-state index contributed by atoms with van der Waals surface area (Å²) in [4.78, 5) is 17.0. The van der Waals surface area contributed by atoms with Gasteiger partial charge in [-0.05, 0) is 5.56 Å². The molecule has 0 bridgehead atoms. The van der Waals surface area contributed by atoms with Crippen molar-refractivity contribution in [1.29, 1.82) is 0 Å². The number of thiazole rings is 1. The zero-order valence-corrected chi connectivity index (χ0v) is 12.0. The Balaban J connectivity index is 1.98. The van der Waals surface area contributed by atoms with Crippen molar-refractivity contribution in [2.24, 2.45) is 5.73 Å². The van der Waals surface area contributed by atoms with Crippen LogP contribution < -0.4 is 11.1 Å². The van der Waals surface area contributed by atoms with E-state index in [0.29, 0.717) is 11.7 Å². The van der Waals surface area contributed by atoms with E-state index in [1.54, 1.807) is 13.3 Å². The van der Waals surface area contributed by atoms with Crippen LogP contribution in [0.4, 0.5) is 5.13 Å². The van der Waals surface area contributed by atoms with Crippen molar-refractivity contribution >= 4 is 22.4 Å². The highest BCUT2D eigenvalue weighted by molar-refractivity contribution is 7.19. The average Bonchev–Trinajstić information content (AvgIpc) is 2.94. The second-order valence-electron chi connectivity index (χ2n) is 4.24. The average molecular weight is 291 g/mol. The van der Waals surface area contributed by atoms with Crippen molar-refractivity contribution in [1.82, 2.24) is 4.98 Å². The monoisotopic (exact) mass is 291 g/mol. The van der Waals surface area contributed by atoms with Crippen LogP contribution in [0.3, 0.4) is 0 Å². The van der Waals surface area contributed by atoms with Crippen LogP contribution in [-0.4, -0.2) is 30.6 Å². The summed E-state index contributed by atoms with van der Waals surface area (Å²) < 4.78 is 5.08.